The van der Waals surface area contributed by atoms with Crippen molar-refractivity contribution < 1.29 is 9.53 Å². The molecule has 0 aromatic carbocycles. The van der Waals surface area contributed by atoms with Gasteiger partial charge in [0, 0.05) is 32.3 Å². The maximum absolute atomic E-state index is 11.3. The number of carbonyl (C=O) groups is 1. The molecule has 0 atom stereocenters. The van der Waals surface area contributed by atoms with E-state index in [0.29, 0.717) is 18.0 Å². The number of aryl methyl sites for hydroxylation is 1. The SMILES string of the molecule is COCCNCC(=O)N=c1sccn1C.Cl. The average molecular weight is 266 g/mol. The number of rotatable bonds is 5. The molecule has 1 aromatic rings. The lowest BCUT2D eigenvalue weighted by Gasteiger charge is -1.99. The van der Waals surface area contributed by atoms with Gasteiger partial charge in [-0.1, -0.05) is 0 Å². The molecule has 0 saturated heterocycles. The highest BCUT2D eigenvalue weighted by molar-refractivity contribution is 7.07. The molecule has 0 unspecified atom stereocenters. The van der Waals surface area contributed by atoms with Gasteiger partial charge in [0.1, 0.15) is 0 Å². The minimum Gasteiger partial charge on any atom is -0.383 e. The molecule has 0 bridgehead atoms. The number of amides is 1. The summed E-state index contributed by atoms with van der Waals surface area (Å²) in [5.74, 6) is -0.163. The summed E-state index contributed by atoms with van der Waals surface area (Å²) in [5.41, 5.74) is 0. The molecule has 0 aliphatic heterocycles. The van der Waals surface area contributed by atoms with Crippen molar-refractivity contribution in [1.29, 1.82) is 0 Å². The van der Waals surface area contributed by atoms with Gasteiger partial charge in [0.25, 0.3) is 5.91 Å². The van der Waals surface area contributed by atoms with E-state index >= 15 is 0 Å². The second-order valence-corrected chi connectivity index (χ2v) is 3.84. The van der Waals surface area contributed by atoms with Crippen LogP contribution in [0.1, 0.15) is 0 Å². The Kier molecular flexibility index (Phi) is 8.10. The summed E-state index contributed by atoms with van der Waals surface area (Å²) in [6, 6.07) is 0. The predicted octanol–water partition coefficient (Wildman–Crippen LogP) is 0.172. The lowest BCUT2D eigenvalue weighted by atomic mass is 10.5. The van der Waals surface area contributed by atoms with Crippen molar-refractivity contribution in [1.82, 2.24) is 9.88 Å². The Labute approximate surface area is 105 Å². The third kappa shape index (κ3) is 5.41. The first kappa shape index (κ1) is 15.3. The topological polar surface area (TPSA) is 55.6 Å². The van der Waals surface area contributed by atoms with Crippen molar-refractivity contribution in [2.45, 2.75) is 0 Å². The minimum absolute atomic E-state index is 0. The van der Waals surface area contributed by atoms with Gasteiger partial charge in [-0.05, 0) is 0 Å². The van der Waals surface area contributed by atoms with Gasteiger partial charge in [-0.15, -0.1) is 23.7 Å². The quantitative estimate of drug-likeness (QED) is 0.773. The zero-order valence-corrected chi connectivity index (χ0v) is 10.9. The smallest absolute Gasteiger partial charge is 0.262 e. The van der Waals surface area contributed by atoms with Crippen molar-refractivity contribution in [2.24, 2.45) is 12.0 Å². The fourth-order valence-corrected chi connectivity index (χ4v) is 1.70. The molecule has 0 radical (unpaired) electrons. The van der Waals surface area contributed by atoms with Gasteiger partial charge in [0.15, 0.2) is 4.80 Å². The van der Waals surface area contributed by atoms with Crippen molar-refractivity contribution in [3.63, 3.8) is 0 Å². The molecule has 5 nitrogen and oxygen atoms in total. The molecular formula is C9H16ClN3O2S. The van der Waals surface area contributed by atoms with E-state index in [1.165, 1.54) is 11.3 Å². The maximum atomic E-state index is 11.3. The van der Waals surface area contributed by atoms with Crippen LogP contribution in [0.15, 0.2) is 16.6 Å². The number of aromatic nitrogens is 1. The molecule has 0 fully saturated rings. The van der Waals surface area contributed by atoms with Gasteiger partial charge in [-0.25, -0.2) is 0 Å². The first-order valence-corrected chi connectivity index (χ1v) is 5.49. The first-order valence-electron chi connectivity index (χ1n) is 4.61. The highest BCUT2D eigenvalue weighted by atomic mass is 35.5. The van der Waals surface area contributed by atoms with Crippen LogP contribution in [-0.4, -0.2) is 37.3 Å². The van der Waals surface area contributed by atoms with Crippen LogP contribution < -0.4 is 10.1 Å². The summed E-state index contributed by atoms with van der Waals surface area (Å²) in [4.78, 5) is 16.0. The fourth-order valence-electron chi connectivity index (χ4n) is 0.950. The van der Waals surface area contributed by atoms with E-state index in [0.717, 1.165) is 0 Å². The highest BCUT2D eigenvalue weighted by Crippen LogP contribution is 1.86. The molecule has 0 aliphatic rings. The van der Waals surface area contributed by atoms with E-state index in [1.54, 1.807) is 7.11 Å². The average Bonchev–Trinajstić information content (AvgIpc) is 2.59. The third-order valence-corrected chi connectivity index (χ3v) is 2.59. The lowest BCUT2D eigenvalue weighted by molar-refractivity contribution is -0.117. The van der Waals surface area contributed by atoms with E-state index in [2.05, 4.69) is 10.3 Å². The number of hydrogen-bond donors (Lipinski definition) is 1. The van der Waals surface area contributed by atoms with Crippen LogP contribution in [0, 0.1) is 0 Å². The van der Waals surface area contributed by atoms with E-state index in [-0.39, 0.29) is 24.9 Å². The summed E-state index contributed by atoms with van der Waals surface area (Å²) in [5, 5.41) is 4.84. The largest absolute Gasteiger partial charge is 0.383 e. The Bertz CT molecular complexity index is 375. The van der Waals surface area contributed by atoms with Crippen LogP contribution in [0.25, 0.3) is 0 Å². The van der Waals surface area contributed by atoms with Crippen LogP contribution in [0.2, 0.25) is 0 Å². The number of ether oxygens (including phenoxy) is 1. The van der Waals surface area contributed by atoms with Crippen LogP contribution >= 0.6 is 23.7 Å². The molecule has 1 N–H and O–H groups in total. The Hall–Kier alpha value is -0.690. The Balaban J connectivity index is 0.00000225. The van der Waals surface area contributed by atoms with Gasteiger partial charge < -0.3 is 14.6 Å². The standard InChI is InChI=1S/C9H15N3O2S.ClH/c1-12-4-6-15-9(12)11-8(13)7-10-3-5-14-2;/h4,6,10H,3,5,7H2,1-2H3;1H. The van der Waals surface area contributed by atoms with Crippen molar-refractivity contribution in [2.75, 3.05) is 26.8 Å². The van der Waals surface area contributed by atoms with Gasteiger partial charge in [0.05, 0.1) is 13.2 Å². The summed E-state index contributed by atoms with van der Waals surface area (Å²) >= 11 is 1.44. The van der Waals surface area contributed by atoms with Gasteiger partial charge in [-0.3, -0.25) is 4.79 Å². The van der Waals surface area contributed by atoms with Crippen molar-refractivity contribution in [3.05, 3.63) is 16.4 Å². The maximum Gasteiger partial charge on any atom is 0.262 e. The monoisotopic (exact) mass is 265 g/mol. The zero-order chi connectivity index (χ0) is 11.1. The number of methoxy groups -OCH3 is 1. The van der Waals surface area contributed by atoms with E-state index in [9.17, 15) is 4.79 Å². The summed E-state index contributed by atoms with van der Waals surface area (Å²) in [6.45, 7) is 1.51. The molecule has 7 heteroatoms. The number of carbonyl (C=O) groups excluding carboxylic acids is 1. The van der Waals surface area contributed by atoms with Crippen LogP contribution in [0.5, 0.6) is 0 Å². The minimum atomic E-state index is -0.163. The second-order valence-electron chi connectivity index (χ2n) is 2.97. The van der Waals surface area contributed by atoms with Crippen molar-refractivity contribution >= 4 is 29.7 Å². The Morgan fingerprint density at radius 3 is 3.00 bits per heavy atom. The highest BCUT2D eigenvalue weighted by Gasteiger charge is 1.98. The van der Waals surface area contributed by atoms with Crippen LogP contribution in [0.4, 0.5) is 0 Å². The molecule has 0 saturated carbocycles. The van der Waals surface area contributed by atoms with Gasteiger partial charge in [0.2, 0.25) is 0 Å². The number of nitrogens with zero attached hydrogens (tertiary/aromatic N) is 2. The van der Waals surface area contributed by atoms with Crippen LogP contribution in [0.3, 0.4) is 0 Å². The van der Waals surface area contributed by atoms with Gasteiger partial charge in [-0.2, -0.15) is 4.99 Å². The van der Waals surface area contributed by atoms with E-state index in [4.69, 9.17) is 4.74 Å². The first-order chi connectivity index (χ1) is 7.24. The van der Waals surface area contributed by atoms with Gasteiger partial charge >= 0.3 is 0 Å². The number of thiazole rings is 1. The number of hydrogen-bond acceptors (Lipinski definition) is 4. The number of halogens is 1. The van der Waals surface area contributed by atoms with Crippen LogP contribution in [-0.2, 0) is 16.6 Å². The number of nitrogens with one attached hydrogen (secondary N) is 1. The van der Waals surface area contributed by atoms with E-state index in [1.807, 2.05) is 23.2 Å². The molecule has 0 spiro atoms. The predicted molar refractivity (Wildman–Crippen MR) is 65.9 cm³/mol. The summed E-state index contributed by atoms with van der Waals surface area (Å²) in [6.07, 6.45) is 1.87. The molecule has 1 rings (SSSR count). The van der Waals surface area contributed by atoms with Crippen molar-refractivity contribution in [3.8, 4) is 0 Å². The summed E-state index contributed by atoms with van der Waals surface area (Å²) in [7, 11) is 3.49. The Morgan fingerprint density at radius 2 is 2.44 bits per heavy atom. The third-order valence-electron chi connectivity index (χ3n) is 1.74. The fraction of sp³-hybridized carbons (Fsp3) is 0.556. The molecule has 1 amide bonds. The molecule has 0 aliphatic carbocycles. The molecule has 92 valence electrons. The molecule has 1 aromatic heterocycles. The zero-order valence-electron chi connectivity index (χ0n) is 9.30. The Morgan fingerprint density at radius 1 is 1.69 bits per heavy atom. The summed E-state index contributed by atoms with van der Waals surface area (Å²) < 4.78 is 6.66. The second kappa shape index (κ2) is 8.46. The lowest BCUT2D eigenvalue weighted by Crippen LogP contribution is -2.26. The molecular weight excluding hydrogens is 250 g/mol. The molecule has 1 heterocycles. The van der Waals surface area contributed by atoms with E-state index < -0.39 is 0 Å². The molecule has 16 heavy (non-hydrogen) atoms. The normalized spacial score (nSPS) is 11.2.